The van der Waals surface area contributed by atoms with Crippen molar-refractivity contribution in [1.29, 1.82) is 0 Å². The third-order valence-electron chi connectivity index (χ3n) is 4.27. The molecule has 3 fully saturated rings. The summed E-state index contributed by atoms with van der Waals surface area (Å²) in [6.07, 6.45) is 8.56. The standard InChI is InChI=1S/C12H20N2O/c15-11-12(6-1-2-7-12)13-9-14(11)8-5-10-3-4-10/h10,13H,1-9H2. The van der Waals surface area contributed by atoms with Gasteiger partial charge in [-0.1, -0.05) is 25.7 Å². The van der Waals surface area contributed by atoms with Gasteiger partial charge in [-0.15, -0.1) is 0 Å². The molecule has 0 atom stereocenters. The molecule has 0 aromatic heterocycles. The van der Waals surface area contributed by atoms with E-state index in [2.05, 4.69) is 5.32 Å². The number of rotatable bonds is 3. The molecule has 0 aromatic carbocycles. The smallest absolute Gasteiger partial charge is 0.243 e. The van der Waals surface area contributed by atoms with Crippen LogP contribution in [0.15, 0.2) is 0 Å². The number of nitrogens with one attached hydrogen (secondary N) is 1. The van der Waals surface area contributed by atoms with Crippen molar-refractivity contribution in [2.45, 2.75) is 50.5 Å². The van der Waals surface area contributed by atoms with Crippen LogP contribution < -0.4 is 5.32 Å². The summed E-state index contributed by atoms with van der Waals surface area (Å²) in [7, 11) is 0. The molecule has 3 heteroatoms. The Labute approximate surface area is 91.2 Å². The Morgan fingerprint density at radius 1 is 1.33 bits per heavy atom. The zero-order chi connectivity index (χ0) is 10.3. The maximum atomic E-state index is 12.2. The van der Waals surface area contributed by atoms with Gasteiger partial charge in [0.2, 0.25) is 5.91 Å². The number of carbonyl (C=O) groups excluding carboxylic acids is 1. The number of carbonyl (C=O) groups is 1. The van der Waals surface area contributed by atoms with Gasteiger partial charge in [0.25, 0.3) is 0 Å². The van der Waals surface area contributed by atoms with Crippen molar-refractivity contribution < 1.29 is 4.79 Å². The minimum absolute atomic E-state index is 0.135. The molecule has 0 aromatic rings. The molecule has 1 amide bonds. The Kier molecular flexibility index (Phi) is 2.23. The van der Waals surface area contributed by atoms with Gasteiger partial charge < -0.3 is 4.90 Å². The van der Waals surface area contributed by atoms with E-state index in [1.165, 1.54) is 32.1 Å². The third-order valence-corrected chi connectivity index (χ3v) is 4.27. The van der Waals surface area contributed by atoms with Gasteiger partial charge in [-0.3, -0.25) is 10.1 Å². The highest BCUT2D eigenvalue weighted by molar-refractivity contribution is 5.88. The minimum atomic E-state index is -0.135. The van der Waals surface area contributed by atoms with Gasteiger partial charge in [0.1, 0.15) is 0 Å². The van der Waals surface area contributed by atoms with E-state index in [0.29, 0.717) is 5.91 Å². The zero-order valence-corrected chi connectivity index (χ0v) is 9.30. The van der Waals surface area contributed by atoms with Crippen LogP contribution in [-0.4, -0.2) is 29.6 Å². The van der Waals surface area contributed by atoms with E-state index in [1.807, 2.05) is 4.90 Å². The highest BCUT2D eigenvalue weighted by Crippen LogP contribution is 2.36. The normalized spacial score (nSPS) is 29.3. The minimum Gasteiger partial charge on any atom is -0.328 e. The molecule has 3 rings (SSSR count). The van der Waals surface area contributed by atoms with Gasteiger partial charge in [0.05, 0.1) is 12.2 Å². The molecule has 15 heavy (non-hydrogen) atoms. The van der Waals surface area contributed by atoms with Gasteiger partial charge >= 0.3 is 0 Å². The molecule has 1 heterocycles. The summed E-state index contributed by atoms with van der Waals surface area (Å²) in [6, 6.07) is 0. The predicted molar refractivity (Wildman–Crippen MR) is 58.3 cm³/mol. The maximum absolute atomic E-state index is 12.2. The quantitative estimate of drug-likeness (QED) is 0.762. The summed E-state index contributed by atoms with van der Waals surface area (Å²) in [6.45, 7) is 1.78. The van der Waals surface area contributed by atoms with Crippen LogP contribution in [0.5, 0.6) is 0 Å². The molecule has 0 unspecified atom stereocenters. The van der Waals surface area contributed by atoms with Crippen molar-refractivity contribution in [1.82, 2.24) is 10.2 Å². The molecule has 3 nitrogen and oxygen atoms in total. The fraction of sp³-hybridized carbons (Fsp3) is 0.917. The molecule has 2 saturated carbocycles. The zero-order valence-electron chi connectivity index (χ0n) is 9.30. The van der Waals surface area contributed by atoms with Crippen molar-refractivity contribution >= 4 is 5.91 Å². The summed E-state index contributed by atoms with van der Waals surface area (Å²) < 4.78 is 0. The lowest BCUT2D eigenvalue weighted by Crippen LogP contribution is -2.44. The van der Waals surface area contributed by atoms with Gasteiger partial charge in [-0.05, 0) is 25.2 Å². The Morgan fingerprint density at radius 2 is 2.07 bits per heavy atom. The first kappa shape index (κ1) is 9.64. The first-order valence-electron chi connectivity index (χ1n) is 6.35. The van der Waals surface area contributed by atoms with E-state index in [9.17, 15) is 4.79 Å². The Hall–Kier alpha value is -0.570. The van der Waals surface area contributed by atoms with Crippen LogP contribution in [0.4, 0.5) is 0 Å². The highest BCUT2D eigenvalue weighted by atomic mass is 16.2. The average molecular weight is 208 g/mol. The van der Waals surface area contributed by atoms with Crippen LogP contribution in [0.2, 0.25) is 0 Å². The van der Waals surface area contributed by atoms with Gasteiger partial charge in [0, 0.05) is 6.54 Å². The van der Waals surface area contributed by atoms with E-state index in [4.69, 9.17) is 0 Å². The van der Waals surface area contributed by atoms with Crippen molar-refractivity contribution in [3.8, 4) is 0 Å². The van der Waals surface area contributed by atoms with Gasteiger partial charge in [-0.25, -0.2) is 0 Å². The first-order chi connectivity index (χ1) is 7.30. The third kappa shape index (κ3) is 1.67. The van der Waals surface area contributed by atoms with E-state index in [-0.39, 0.29) is 5.54 Å². The molecule has 1 spiro atoms. The number of hydrogen-bond acceptors (Lipinski definition) is 2. The maximum Gasteiger partial charge on any atom is 0.243 e. The molecular formula is C12H20N2O. The molecule has 3 aliphatic rings. The average Bonchev–Trinajstić information content (AvgIpc) is 2.87. The summed E-state index contributed by atoms with van der Waals surface area (Å²) in [5, 5.41) is 3.45. The van der Waals surface area contributed by atoms with Crippen molar-refractivity contribution in [3.63, 3.8) is 0 Å². The summed E-state index contributed by atoms with van der Waals surface area (Å²) >= 11 is 0. The largest absolute Gasteiger partial charge is 0.328 e. The fourth-order valence-corrected chi connectivity index (χ4v) is 2.99. The Balaban J connectivity index is 1.59. The first-order valence-corrected chi connectivity index (χ1v) is 6.35. The molecule has 1 saturated heterocycles. The lowest BCUT2D eigenvalue weighted by atomic mass is 9.98. The number of hydrogen-bond donors (Lipinski definition) is 1. The molecule has 0 radical (unpaired) electrons. The molecule has 84 valence electrons. The van der Waals surface area contributed by atoms with Crippen LogP contribution in [0.25, 0.3) is 0 Å². The summed E-state index contributed by atoms with van der Waals surface area (Å²) in [5.41, 5.74) is -0.135. The molecule has 0 bridgehead atoms. The van der Waals surface area contributed by atoms with Crippen LogP contribution >= 0.6 is 0 Å². The number of nitrogens with zero attached hydrogens (tertiary/aromatic N) is 1. The van der Waals surface area contributed by atoms with Crippen LogP contribution in [0.1, 0.15) is 44.9 Å². The van der Waals surface area contributed by atoms with Crippen molar-refractivity contribution in [2.75, 3.05) is 13.2 Å². The van der Waals surface area contributed by atoms with Gasteiger partial charge in [0.15, 0.2) is 0 Å². The SMILES string of the molecule is O=C1N(CCC2CC2)CNC12CCCC2. The van der Waals surface area contributed by atoms with E-state index >= 15 is 0 Å². The molecular weight excluding hydrogens is 188 g/mol. The predicted octanol–water partition coefficient (Wildman–Crippen LogP) is 1.49. The van der Waals surface area contributed by atoms with Crippen LogP contribution in [0.3, 0.4) is 0 Å². The monoisotopic (exact) mass is 208 g/mol. The van der Waals surface area contributed by atoms with Crippen LogP contribution in [0, 0.1) is 5.92 Å². The lowest BCUT2D eigenvalue weighted by molar-refractivity contribution is -0.132. The summed E-state index contributed by atoms with van der Waals surface area (Å²) in [4.78, 5) is 14.3. The number of amides is 1. The van der Waals surface area contributed by atoms with E-state index in [1.54, 1.807) is 0 Å². The fourth-order valence-electron chi connectivity index (χ4n) is 2.99. The van der Waals surface area contributed by atoms with Crippen molar-refractivity contribution in [2.24, 2.45) is 5.92 Å². The molecule has 2 aliphatic carbocycles. The second-order valence-electron chi connectivity index (χ2n) is 5.42. The lowest BCUT2D eigenvalue weighted by Gasteiger charge is -2.21. The Morgan fingerprint density at radius 3 is 2.73 bits per heavy atom. The molecule has 1 aliphatic heterocycles. The summed E-state index contributed by atoms with van der Waals surface area (Å²) in [5.74, 6) is 1.32. The molecule has 1 N–H and O–H groups in total. The van der Waals surface area contributed by atoms with Gasteiger partial charge in [-0.2, -0.15) is 0 Å². The topological polar surface area (TPSA) is 32.3 Å². The Bertz CT molecular complexity index is 267. The highest BCUT2D eigenvalue weighted by Gasteiger charge is 2.47. The van der Waals surface area contributed by atoms with Crippen LogP contribution in [-0.2, 0) is 4.79 Å². The van der Waals surface area contributed by atoms with E-state index in [0.717, 1.165) is 32.0 Å². The van der Waals surface area contributed by atoms with Crippen molar-refractivity contribution in [3.05, 3.63) is 0 Å². The second kappa shape index (κ2) is 3.48. The second-order valence-corrected chi connectivity index (χ2v) is 5.42. The van der Waals surface area contributed by atoms with E-state index < -0.39 is 0 Å².